The van der Waals surface area contributed by atoms with Crippen LogP contribution in [-0.2, 0) is 9.59 Å². The number of aliphatic hydroxyl groups is 1. The number of carbonyl (C=O) groups is 2. The summed E-state index contributed by atoms with van der Waals surface area (Å²) < 4.78 is 5.66. The van der Waals surface area contributed by atoms with E-state index in [-0.39, 0.29) is 18.4 Å². The van der Waals surface area contributed by atoms with Crippen LogP contribution in [-0.4, -0.2) is 34.7 Å². The fourth-order valence-electron chi connectivity index (χ4n) is 4.50. The van der Waals surface area contributed by atoms with Crippen molar-refractivity contribution < 1.29 is 24.5 Å². The van der Waals surface area contributed by atoms with Gasteiger partial charge in [-0.25, -0.2) is 0 Å². The van der Waals surface area contributed by atoms with Gasteiger partial charge in [0.1, 0.15) is 18.1 Å². The van der Waals surface area contributed by atoms with Crippen LogP contribution in [0.1, 0.15) is 84.0 Å². The number of benzene rings is 1. The molecule has 0 amide bonds. The minimum atomic E-state index is -0.745. The van der Waals surface area contributed by atoms with Crippen molar-refractivity contribution in [2.45, 2.75) is 90.1 Å². The zero-order valence-corrected chi connectivity index (χ0v) is 18.9. The average molecular weight is 431 g/mol. The molecule has 2 atom stereocenters. The van der Waals surface area contributed by atoms with E-state index in [4.69, 9.17) is 9.84 Å². The van der Waals surface area contributed by atoms with Crippen LogP contribution in [0.3, 0.4) is 0 Å². The first kappa shape index (κ1) is 25.1. The number of allylic oxidation sites excluding steroid dienone is 2. The number of rotatable bonds is 16. The Morgan fingerprint density at radius 3 is 2.52 bits per heavy atom. The van der Waals surface area contributed by atoms with E-state index in [0.29, 0.717) is 31.5 Å². The highest BCUT2D eigenvalue weighted by molar-refractivity contribution is 5.92. The molecule has 0 aliphatic heterocycles. The number of Topliss-reactive ketones (excluding diaryl/α,β-unsaturated/α-hetero) is 1. The number of aliphatic hydroxyl groups excluding tert-OH is 1. The van der Waals surface area contributed by atoms with Gasteiger partial charge < -0.3 is 14.9 Å². The van der Waals surface area contributed by atoms with E-state index in [1.165, 1.54) is 5.57 Å². The molecule has 172 valence electrons. The third-order valence-electron chi connectivity index (χ3n) is 6.32. The maximum atomic E-state index is 13.0. The zero-order chi connectivity index (χ0) is 22.5. The normalized spacial score (nSPS) is 19.3. The summed E-state index contributed by atoms with van der Waals surface area (Å²) in [6.07, 6.45) is 10.8. The number of unbranched alkanes of at least 4 members (excludes halogenated alkanes) is 4. The summed E-state index contributed by atoms with van der Waals surface area (Å²) in [5.41, 5.74) is 0.804. The van der Waals surface area contributed by atoms with Crippen molar-refractivity contribution in [3.05, 3.63) is 42.0 Å². The minimum absolute atomic E-state index is 0.216. The molecule has 0 saturated heterocycles. The Morgan fingerprint density at radius 1 is 1.10 bits per heavy atom. The first-order valence-corrected chi connectivity index (χ1v) is 11.8. The van der Waals surface area contributed by atoms with Crippen LogP contribution in [0, 0.1) is 5.41 Å². The number of hydrogen-bond acceptors (Lipinski definition) is 4. The van der Waals surface area contributed by atoms with Crippen LogP contribution in [0.15, 0.2) is 42.0 Å². The quantitative estimate of drug-likeness (QED) is 0.259. The van der Waals surface area contributed by atoms with Crippen LogP contribution in [0.25, 0.3) is 0 Å². The first-order valence-electron chi connectivity index (χ1n) is 11.8. The molecule has 2 N–H and O–H groups in total. The van der Waals surface area contributed by atoms with Crippen molar-refractivity contribution in [2.24, 2.45) is 5.41 Å². The zero-order valence-electron chi connectivity index (χ0n) is 18.9. The summed E-state index contributed by atoms with van der Waals surface area (Å²) in [6, 6.07) is 9.48. The summed E-state index contributed by atoms with van der Waals surface area (Å²) in [5.74, 6) is 0.318. The van der Waals surface area contributed by atoms with Crippen LogP contribution in [0.2, 0.25) is 0 Å². The van der Waals surface area contributed by atoms with Gasteiger partial charge >= 0.3 is 5.97 Å². The topological polar surface area (TPSA) is 83.8 Å². The molecule has 0 bridgehead atoms. The summed E-state index contributed by atoms with van der Waals surface area (Å²) >= 11 is 0. The Hall–Kier alpha value is -2.14. The molecule has 1 aliphatic rings. The van der Waals surface area contributed by atoms with Gasteiger partial charge in [-0.3, -0.25) is 9.59 Å². The van der Waals surface area contributed by atoms with Crippen LogP contribution < -0.4 is 4.74 Å². The molecular weight excluding hydrogens is 392 g/mol. The largest absolute Gasteiger partial charge is 0.491 e. The van der Waals surface area contributed by atoms with Gasteiger partial charge in [0.25, 0.3) is 0 Å². The summed E-state index contributed by atoms with van der Waals surface area (Å²) in [5, 5.41) is 19.2. The first-order chi connectivity index (χ1) is 15.0. The Morgan fingerprint density at radius 2 is 1.81 bits per heavy atom. The molecular formula is C26H38O5. The van der Waals surface area contributed by atoms with Gasteiger partial charge in [0.05, 0.1) is 11.5 Å². The van der Waals surface area contributed by atoms with E-state index < -0.39 is 12.1 Å². The van der Waals surface area contributed by atoms with Gasteiger partial charge in [-0.1, -0.05) is 68.9 Å². The SMILES string of the molecule is CCCC[C@]1(CCCCCCC(=O)O)C(=O)CC=C1CC[C@H](O)COc1ccccc1. The lowest BCUT2D eigenvalue weighted by Gasteiger charge is -2.32. The van der Waals surface area contributed by atoms with Crippen molar-refractivity contribution >= 4 is 11.8 Å². The fraction of sp³-hybridized carbons (Fsp3) is 0.615. The molecule has 2 rings (SSSR count). The molecule has 0 aromatic heterocycles. The Balaban J connectivity index is 1.87. The van der Waals surface area contributed by atoms with Crippen molar-refractivity contribution in [2.75, 3.05) is 6.61 Å². The lowest BCUT2D eigenvalue weighted by atomic mass is 9.71. The second-order valence-electron chi connectivity index (χ2n) is 8.67. The van der Waals surface area contributed by atoms with Gasteiger partial charge in [0, 0.05) is 12.8 Å². The maximum Gasteiger partial charge on any atom is 0.303 e. The van der Waals surface area contributed by atoms with Crippen molar-refractivity contribution in [3.8, 4) is 5.75 Å². The molecule has 1 aromatic rings. The number of ketones is 1. The third kappa shape index (κ3) is 8.13. The van der Waals surface area contributed by atoms with Gasteiger partial charge in [0.15, 0.2) is 0 Å². The van der Waals surface area contributed by atoms with Crippen LogP contribution in [0.4, 0.5) is 0 Å². The molecule has 0 unspecified atom stereocenters. The lowest BCUT2D eigenvalue weighted by Crippen LogP contribution is -2.30. The molecule has 31 heavy (non-hydrogen) atoms. The van der Waals surface area contributed by atoms with Crippen LogP contribution in [0.5, 0.6) is 5.75 Å². The van der Waals surface area contributed by atoms with E-state index in [2.05, 4.69) is 13.0 Å². The van der Waals surface area contributed by atoms with E-state index >= 15 is 0 Å². The average Bonchev–Trinajstić information content (AvgIpc) is 3.07. The molecule has 0 heterocycles. The fourth-order valence-corrected chi connectivity index (χ4v) is 4.50. The number of carboxylic acid groups (broad SMARTS) is 1. The monoisotopic (exact) mass is 430 g/mol. The summed E-state index contributed by atoms with van der Waals surface area (Å²) in [6.45, 7) is 2.39. The van der Waals surface area contributed by atoms with Crippen molar-refractivity contribution in [1.82, 2.24) is 0 Å². The van der Waals surface area contributed by atoms with E-state index in [0.717, 1.165) is 50.7 Å². The van der Waals surface area contributed by atoms with Gasteiger partial charge in [-0.05, 0) is 44.2 Å². The molecule has 0 saturated carbocycles. The van der Waals surface area contributed by atoms with Gasteiger partial charge in [0.2, 0.25) is 0 Å². The van der Waals surface area contributed by atoms with E-state index in [1.54, 1.807) is 0 Å². The standard InChI is InChI=1S/C26H38O5/c1-2-3-18-26(19-10-5-4-9-13-25(29)30)21(15-17-24(26)28)14-16-22(27)20-31-23-11-7-6-8-12-23/h6-8,11-12,15,22,27H,2-5,9-10,13-14,16-20H2,1H3,(H,29,30)/t22-,26+/m0/s1. The predicted octanol–water partition coefficient (Wildman–Crippen LogP) is 5.71. The Labute approximate surface area is 186 Å². The number of carboxylic acids is 1. The van der Waals surface area contributed by atoms with Gasteiger partial charge in [-0.15, -0.1) is 0 Å². The second-order valence-corrected chi connectivity index (χ2v) is 8.67. The Bertz CT molecular complexity index is 712. The Kier molecular flexibility index (Phi) is 10.8. The number of ether oxygens (including phenoxy) is 1. The van der Waals surface area contributed by atoms with E-state index in [1.807, 2.05) is 30.3 Å². The number of aliphatic carboxylic acids is 1. The maximum absolute atomic E-state index is 13.0. The highest BCUT2D eigenvalue weighted by Crippen LogP contribution is 2.47. The minimum Gasteiger partial charge on any atom is -0.491 e. The number of para-hydroxylation sites is 1. The smallest absolute Gasteiger partial charge is 0.303 e. The van der Waals surface area contributed by atoms with Crippen molar-refractivity contribution in [1.29, 1.82) is 0 Å². The number of hydrogen-bond donors (Lipinski definition) is 2. The second kappa shape index (κ2) is 13.3. The number of carbonyl (C=O) groups excluding carboxylic acids is 1. The highest BCUT2D eigenvalue weighted by atomic mass is 16.5. The molecule has 1 aliphatic carbocycles. The summed E-state index contributed by atoms with van der Waals surface area (Å²) in [7, 11) is 0. The third-order valence-corrected chi connectivity index (χ3v) is 6.32. The van der Waals surface area contributed by atoms with E-state index in [9.17, 15) is 14.7 Å². The molecule has 1 aromatic carbocycles. The molecule has 5 nitrogen and oxygen atoms in total. The predicted molar refractivity (Wildman–Crippen MR) is 122 cm³/mol. The van der Waals surface area contributed by atoms with Gasteiger partial charge in [-0.2, -0.15) is 0 Å². The lowest BCUT2D eigenvalue weighted by molar-refractivity contribution is -0.137. The van der Waals surface area contributed by atoms with Crippen molar-refractivity contribution in [3.63, 3.8) is 0 Å². The molecule has 0 radical (unpaired) electrons. The van der Waals surface area contributed by atoms with Crippen LogP contribution >= 0.6 is 0 Å². The molecule has 5 heteroatoms. The molecule has 0 fully saturated rings. The molecule has 0 spiro atoms. The highest BCUT2D eigenvalue weighted by Gasteiger charge is 2.42. The summed E-state index contributed by atoms with van der Waals surface area (Å²) in [4.78, 5) is 23.6.